The molecular formula is C10H11BrN2O4. The summed E-state index contributed by atoms with van der Waals surface area (Å²) >= 11 is 2.96. The van der Waals surface area contributed by atoms with E-state index in [-0.39, 0.29) is 22.4 Å². The first-order chi connectivity index (χ1) is 7.88. The minimum absolute atomic E-state index is 0.0717. The van der Waals surface area contributed by atoms with Crippen LogP contribution < -0.4 is 5.56 Å². The minimum atomic E-state index is -0.705. The summed E-state index contributed by atoms with van der Waals surface area (Å²) in [4.78, 5) is 33.3. The Balaban J connectivity index is 3.37. The summed E-state index contributed by atoms with van der Waals surface area (Å²) in [6, 6.07) is 0.422. The minimum Gasteiger partial charge on any atom is -0.297 e. The molecule has 0 bridgehead atoms. The molecule has 0 saturated carbocycles. The van der Waals surface area contributed by atoms with E-state index in [9.17, 15) is 19.7 Å². The molecule has 0 aromatic carbocycles. The van der Waals surface area contributed by atoms with Gasteiger partial charge in [0.2, 0.25) is 0 Å². The number of halogens is 1. The molecule has 0 aliphatic carbocycles. The van der Waals surface area contributed by atoms with Gasteiger partial charge in [0.25, 0.3) is 11.2 Å². The fourth-order valence-corrected chi connectivity index (χ4v) is 1.83. The Bertz CT molecular complexity index is 524. The van der Waals surface area contributed by atoms with Crippen LogP contribution in [0.5, 0.6) is 0 Å². The van der Waals surface area contributed by atoms with Crippen molar-refractivity contribution in [3.8, 4) is 0 Å². The van der Waals surface area contributed by atoms with Crippen LogP contribution >= 0.6 is 15.9 Å². The summed E-state index contributed by atoms with van der Waals surface area (Å²) in [7, 11) is 0. The standard InChI is InChI=1S/C10H11BrN2O4/c1-3-9(14)6(2)12-5-7(13(16)17)4-8(11)10(12)15/h4-6H,3H2,1-2H3. The monoisotopic (exact) mass is 302 g/mol. The molecule has 1 atom stereocenters. The number of carbonyl (C=O) groups is 1. The molecule has 1 heterocycles. The molecule has 7 heteroatoms. The lowest BCUT2D eigenvalue weighted by atomic mass is 10.1. The summed E-state index contributed by atoms with van der Waals surface area (Å²) in [5, 5.41) is 10.7. The van der Waals surface area contributed by atoms with Crippen molar-refractivity contribution in [1.29, 1.82) is 0 Å². The number of carbonyl (C=O) groups excluding carboxylic acids is 1. The third-order valence-electron chi connectivity index (χ3n) is 2.43. The van der Waals surface area contributed by atoms with Crippen molar-refractivity contribution in [2.45, 2.75) is 26.3 Å². The molecule has 0 aliphatic rings. The first-order valence-electron chi connectivity index (χ1n) is 4.97. The van der Waals surface area contributed by atoms with Crippen LogP contribution in [0.2, 0.25) is 0 Å². The van der Waals surface area contributed by atoms with Crippen LogP contribution in [0.15, 0.2) is 21.5 Å². The molecule has 1 rings (SSSR count). The van der Waals surface area contributed by atoms with E-state index in [0.717, 1.165) is 16.8 Å². The fraction of sp³-hybridized carbons (Fsp3) is 0.400. The lowest BCUT2D eigenvalue weighted by Gasteiger charge is -2.13. The average molecular weight is 303 g/mol. The summed E-state index contributed by atoms with van der Waals surface area (Å²) in [6.07, 6.45) is 1.36. The van der Waals surface area contributed by atoms with Gasteiger partial charge in [0.05, 0.1) is 21.6 Å². The molecule has 0 N–H and O–H groups in total. The van der Waals surface area contributed by atoms with E-state index in [2.05, 4.69) is 15.9 Å². The van der Waals surface area contributed by atoms with Gasteiger partial charge < -0.3 is 0 Å². The fourth-order valence-electron chi connectivity index (χ4n) is 1.39. The Hall–Kier alpha value is -1.50. The van der Waals surface area contributed by atoms with Crippen molar-refractivity contribution in [3.63, 3.8) is 0 Å². The Morgan fingerprint density at radius 2 is 2.24 bits per heavy atom. The SMILES string of the molecule is CCC(=O)C(C)n1cc([N+](=O)[O-])cc(Br)c1=O. The number of pyridine rings is 1. The van der Waals surface area contributed by atoms with E-state index >= 15 is 0 Å². The van der Waals surface area contributed by atoms with Gasteiger partial charge in [-0.15, -0.1) is 0 Å². The number of hydrogen-bond acceptors (Lipinski definition) is 4. The summed E-state index contributed by atoms with van der Waals surface area (Å²) in [5.74, 6) is -0.153. The van der Waals surface area contributed by atoms with Crippen LogP contribution in [0.4, 0.5) is 5.69 Å². The van der Waals surface area contributed by atoms with Gasteiger partial charge in [-0.2, -0.15) is 0 Å². The Morgan fingerprint density at radius 1 is 1.65 bits per heavy atom. The predicted molar refractivity (Wildman–Crippen MR) is 65.1 cm³/mol. The van der Waals surface area contributed by atoms with Crippen LogP contribution in [-0.2, 0) is 4.79 Å². The first-order valence-corrected chi connectivity index (χ1v) is 5.76. The molecule has 92 valence electrons. The average Bonchev–Trinajstić information content (AvgIpc) is 2.30. The van der Waals surface area contributed by atoms with Gasteiger partial charge in [-0.25, -0.2) is 0 Å². The van der Waals surface area contributed by atoms with Gasteiger partial charge in [-0.1, -0.05) is 6.92 Å². The lowest BCUT2D eigenvalue weighted by Crippen LogP contribution is -2.28. The number of hydrogen-bond donors (Lipinski definition) is 0. The van der Waals surface area contributed by atoms with Crippen LogP contribution in [0.1, 0.15) is 26.3 Å². The molecule has 1 unspecified atom stereocenters. The number of ketones is 1. The van der Waals surface area contributed by atoms with Crippen molar-refractivity contribution in [2.24, 2.45) is 0 Å². The summed E-state index contributed by atoms with van der Waals surface area (Å²) in [6.45, 7) is 3.22. The molecule has 0 amide bonds. The van der Waals surface area contributed by atoms with Gasteiger partial charge in [0, 0.05) is 12.5 Å². The quantitative estimate of drug-likeness (QED) is 0.629. The van der Waals surface area contributed by atoms with Crippen molar-refractivity contribution in [3.05, 3.63) is 37.2 Å². The maximum atomic E-state index is 11.7. The molecule has 0 aliphatic heterocycles. The highest BCUT2D eigenvalue weighted by atomic mass is 79.9. The smallest absolute Gasteiger partial charge is 0.286 e. The highest BCUT2D eigenvalue weighted by molar-refractivity contribution is 9.10. The number of aromatic nitrogens is 1. The number of Topliss-reactive ketones (excluding diaryl/α,β-unsaturated/α-hetero) is 1. The van der Waals surface area contributed by atoms with E-state index in [1.54, 1.807) is 13.8 Å². The van der Waals surface area contributed by atoms with Crippen LogP contribution in [0, 0.1) is 10.1 Å². The van der Waals surface area contributed by atoms with Gasteiger partial charge in [0.1, 0.15) is 0 Å². The second-order valence-electron chi connectivity index (χ2n) is 3.51. The van der Waals surface area contributed by atoms with E-state index in [4.69, 9.17) is 0 Å². The van der Waals surface area contributed by atoms with E-state index in [1.165, 1.54) is 0 Å². The number of nitrogens with zero attached hydrogens (tertiary/aromatic N) is 2. The highest BCUT2D eigenvalue weighted by Gasteiger charge is 2.19. The van der Waals surface area contributed by atoms with Crippen LogP contribution in [0.3, 0.4) is 0 Å². The number of rotatable bonds is 4. The van der Waals surface area contributed by atoms with Gasteiger partial charge >= 0.3 is 0 Å². The Morgan fingerprint density at radius 3 is 2.71 bits per heavy atom. The molecule has 1 aromatic rings. The van der Waals surface area contributed by atoms with E-state index in [1.807, 2.05) is 0 Å². The molecule has 0 radical (unpaired) electrons. The zero-order valence-electron chi connectivity index (χ0n) is 9.34. The molecule has 0 spiro atoms. The van der Waals surface area contributed by atoms with Crippen molar-refractivity contribution >= 4 is 27.4 Å². The Labute approximate surface area is 106 Å². The molecule has 1 aromatic heterocycles. The first kappa shape index (κ1) is 13.6. The third-order valence-corrected chi connectivity index (χ3v) is 3.00. The van der Waals surface area contributed by atoms with Gasteiger partial charge in [-0.05, 0) is 22.9 Å². The molecule has 17 heavy (non-hydrogen) atoms. The zero-order valence-corrected chi connectivity index (χ0v) is 10.9. The second kappa shape index (κ2) is 5.22. The van der Waals surface area contributed by atoms with Crippen LogP contribution in [0.25, 0.3) is 0 Å². The number of nitro groups is 1. The topological polar surface area (TPSA) is 82.2 Å². The van der Waals surface area contributed by atoms with Crippen molar-refractivity contribution in [1.82, 2.24) is 4.57 Å². The van der Waals surface area contributed by atoms with Crippen LogP contribution in [-0.4, -0.2) is 15.3 Å². The van der Waals surface area contributed by atoms with Gasteiger partial charge in [0.15, 0.2) is 5.78 Å². The largest absolute Gasteiger partial charge is 0.297 e. The normalized spacial score (nSPS) is 12.2. The highest BCUT2D eigenvalue weighted by Crippen LogP contribution is 2.17. The lowest BCUT2D eigenvalue weighted by molar-refractivity contribution is -0.385. The van der Waals surface area contributed by atoms with E-state index in [0.29, 0.717) is 0 Å². The molecular weight excluding hydrogens is 292 g/mol. The maximum absolute atomic E-state index is 11.7. The third kappa shape index (κ3) is 2.79. The predicted octanol–water partition coefficient (Wildman–Crippen LogP) is 2.06. The zero-order chi connectivity index (χ0) is 13.2. The second-order valence-corrected chi connectivity index (χ2v) is 4.37. The van der Waals surface area contributed by atoms with Gasteiger partial charge in [-0.3, -0.25) is 24.3 Å². The van der Waals surface area contributed by atoms with Crippen molar-refractivity contribution < 1.29 is 9.72 Å². The molecule has 0 saturated heterocycles. The Kier molecular flexibility index (Phi) is 4.17. The molecule has 0 fully saturated rings. The van der Waals surface area contributed by atoms with E-state index < -0.39 is 16.5 Å². The summed E-state index contributed by atoms with van der Waals surface area (Å²) in [5.41, 5.74) is -0.683. The molecule has 6 nitrogen and oxygen atoms in total. The summed E-state index contributed by atoms with van der Waals surface area (Å²) < 4.78 is 1.15. The maximum Gasteiger partial charge on any atom is 0.286 e. The van der Waals surface area contributed by atoms with Crippen molar-refractivity contribution in [2.75, 3.05) is 0 Å².